The summed E-state index contributed by atoms with van der Waals surface area (Å²) in [5, 5.41) is 63.9. The molecule has 0 amide bonds. The lowest BCUT2D eigenvalue weighted by Gasteiger charge is -2.24. The molecule has 0 aliphatic carbocycles. The molecule has 66 heavy (non-hydrogen) atoms. The molecule has 8 aromatic carbocycles. The summed E-state index contributed by atoms with van der Waals surface area (Å²) in [6.45, 7) is 0. The first kappa shape index (κ1) is 40.2. The van der Waals surface area contributed by atoms with E-state index in [1.54, 1.807) is 45.5 Å². The Bertz CT molecular complexity index is 3740. The Hall–Kier alpha value is -9.91. The molecule has 10 aromatic rings. The second kappa shape index (κ2) is 15.5. The van der Waals surface area contributed by atoms with Crippen molar-refractivity contribution in [3.05, 3.63) is 191 Å². The molecule has 0 unspecified atom stereocenters. The van der Waals surface area contributed by atoms with Gasteiger partial charge in [0.15, 0.2) is 0 Å². The first-order valence-corrected chi connectivity index (χ1v) is 20.2. The lowest BCUT2D eigenvalue weighted by atomic mass is 9.90. The minimum Gasteiger partial charge on any atom is -0.308 e. The summed E-state index contributed by atoms with van der Waals surface area (Å²) in [7, 11) is 0. The molecule has 0 spiro atoms. The van der Waals surface area contributed by atoms with E-state index >= 15 is 13.2 Å². The van der Waals surface area contributed by atoms with Gasteiger partial charge in [0.2, 0.25) is 0 Å². The zero-order valence-electron chi connectivity index (χ0n) is 34.1. The van der Waals surface area contributed by atoms with Crippen molar-refractivity contribution < 1.29 is 13.2 Å². The summed E-state index contributed by atoms with van der Waals surface area (Å²) in [4.78, 5) is 0. The number of fused-ring (bicyclic) bond motifs is 6. The van der Waals surface area contributed by atoms with Crippen LogP contribution in [0.15, 0.2) is 152 Å². The van der Waals surface area contributed by atoms with Crippen molar-refractivity contribution in [3.8, 4) is 81.2 Å². The molecule has 0 N–H and O–H groups in total. The molecule has 0 aliphatic heterocycles. The van der Waals surface area contributed by atoms with Gasteiger partial charge in [-0.3, -0.25) is 0 Å². The maximum absolute atomic E-state index is 15.6. The molecule has 0 radical (unpaired) electrons. The van der Waals surface area contributed by atoms with E-state index in [0.29, 0.717) is 44.3 Å². The molecule has 2 aromatic heterocycles. The summed E-state index contributed by atoms with van der Waals surface area (Å²) in [5.74, 6) is 0. The third-order valence-corrected chi connectivity index (χ3v) is 11.8. The Morgan fingerprint density at radius 1 is 0.348 bits per heavy atom. The van der Waals surface area contributed by atoms with Gasteiger partial charge in [0.05, 0.1) is 109 Å². The van der Waals surface area contributed by atoms with E-state index in [9.17, 15) is 31.6 Å². The van der Waals surface area contributed by atoms with Crippen molar-refractivity contribution in [2.75, 3.05) is 0 Å². The Balaban J connectivity index is 1.40. The number of alkyl halides is 3. The molecule has 8 nitrogen and oxygen atoms in total. The number of hydrogen-bond acceptors (Lipinski definition) is 6. The first-order chi connectivity index (χ1) is 32.1. The van der Waals surface area contributed by atoms with Crippen LogP contribution in [0.4, 0.5) is 13.2 Å². The summed E-state index contributed by atoms with van der Waals surface area (Å²) in [6.07, 6.45) is -4.94. The highest BCUT2D eigenvalue weighted by Crippen LogP contribution is 2.48. The van der Waals surface area contributed by atoms with Crippen molar-refractivity contribution in [3.63, 3.8) is 0 Å². The van der Waals surface area contributed by atoms with E-state index in [-0.39, 0.29) is 50.3 Å². The SMILES string of the molecule is N#Cc1cc(C#N)cc(-c2ccc3c4ccccc4n(-c4cc(C#N)cc(-n5c6ccccc6c6ccc(-c7cc(C#N)cc(C#N)c7)cc65)c4-c4c(C#N)cccc4C(F)(F)F)c3c2)c1. The van der Waals surface area contributed by atoms with E-state index in [0.717, 1.165) is 27.6 Å². The molecular weight excluding hydrogens is 830 g/mol. The van der Waals surface area contributed by atoms with Crippen molar-refractivity contribution in [1.82, 2.24) is 9.13 Å². The van der Waals surface area contributed by atoms with Crippen LogP contribution in [0.25, 0.3) is 88.4 Å². The topological polar surface area (TPSA) is 153 Å². The van der Waals surface area contributed by atoms with Gasteiger partial charge in [0.1, 0.15) is 0 Å². The summed E-state index contributed by atoms with van der Waals surface area (Å²) in [5.41, 5.74) is 4.43. The van der Waals surface area contributed by atoms with Crippen LogP contribution < -0.4 is 0 Å². The van der Waals surface area contributed by atoms with E-state index in [4.69, 9.17) is 0 Å². The van der Waals surface area contributed by atoms with Crippen LogP contribution in [0.5, 0.6) is 0 Å². The largest absolute Gasteiger partial charge is 0.417 e. The Morgan fingerprint density at radius 2 is 0.758 bits per heavy atom. The number of rotatable bonds is 5. The average molecular weight is 855 g/mol. The minimum atomic E-state index is -4.94. The molecule has 0 atom stereocenters. The van der Waals surface area contributed by atoms with Crippen LogP contribution in [0.3, 0.4) is 0 Å². The number of aromatic nitrogens is 2. The fourth-order valence-electron chi connectivity index (χ4n) is 9.10. The first-order valence-electron chi connectivity index (χ1n) is 20.2. The van der Waals surface area contributed by atoms with Gasteiger partial charge in [-0.25, -0.2) is 0 Å². The lowest BCUT2D eigenvalue weighted by Crippen LogP contribution is -2.12. The number of hydrogen-bond donors (Lipinski definition) is 0. The number of para-hydroxylation sites is 2. The molecule has 0 saturated carbocycles. The summed E-state index contributed by atoms with van der Waals surface area (Å²) in [6, 6.07) is 54.8. The number of halogens is 3. The second-order valence-electron chi connectivity index (χ2n) is 15.6. The zero-order chi connectivity index (χ0) is 45.9. The average Bonchev–Trinajstić information content (AvgIpc) is 3.87. The van der Waals surface area contributed by atoms with Crippen LogP contribution in [0.1, 0.15) is 38.9 Å². The van der Waals surface area contributed by atoms with Gasteiger partial charge in [-0.05, 0) is 107 Å². The predicted octanol–water partition coefficient (Wildman–Crippen LogP) is 13.1. The van der Waals surface area contributed by atoms with Crippen LogP contribution in [0, 0.1) is 68.0 Å². The Kier molecular flexibility index (Phi) is 9.41. The van der Waals surface area contributed by atoms with Gasteiger partial charge < -0.3 is 9.13 Å². The molecule has 0 fully saturated rings. The van der Waals surface area contributed by atoms with Crippen molar-refractivity contribution in [1.29, 1.82) is 31.6 Å². The van der Waals surface area contributed by atoms with Crippen molar-refractivity contribution >= 4 is 43.6 Å². The van der Waals surface area contributed by atoms with Gasteiger partial charge in [0.25, 0.3) is 0 Å². The summed E-state index contributed by atoms with van der Waals surface area (Å²) < 4.78 is 50.5. The zero-order valence-corrected chi connectivity index (χ0v) is 34.1. The monoisotopic (exact) mass is 854 g/mol. The number of benzene rings is 8. The van der Waals surface area contributed by atoms with E-state index in [1.807, 2.05) is 78.9 Å². The molecule has 11 heteroatoms. The molecule has 0 aliphatic rings. The lowest BCUT2D eigenvalue weighted by molar-refractivity contribution is -0.137. The van der Waals surface area contributed by atoms with E-state index < -0.39 is 17.3 Å². The fourth-order valence-corrected chi connectivity index (χ4v) is 9.10. The van der Waals surface area contributed by atoms with E-state index in [2.05, 4.69) is 30.3 Å². The fraction of sp³-hybridized carbons (Fsp3) is 0.0182. The van der Waals surface area contributed by atoms with Crippen LogP contribution in [0.2, 0.25) is 0 Å². The number of nitriles is 6. The molecule has 10 rings (SSSR count). The quantitative estimate of drug-likeness (QED) is 0.168. The molecular formula is C55H25F3N8. The van der Waals surface area contributed by atoms with Gasteiger partial charge in [-0.1, -0.05) is 66.7 Å². The third-order valence-electron chi connectivity index (χ3n) is 11.8. The van der Waals surface area contributed by atoms with Gasteiger partial charge >= 0.3 is 6.18 Å². The Morgan fingerprint density at radius 3 is 1.17 bits per heavy atom. The molecule has 306 valence electrons. The molecule has 0 bridgehead atoms. The standard InChI is InChI=1S/C55H25F3N8/c56-55(57,58)46-9-5-6-39(31-64)53(46)54-51(65-47-10-3-1-7-42(47)44-14-12-37(24-49(44)65)40-18-32(26-59)16-33(19-40)27-60)22-36(30-63)23-52(54)66-48-11-4-2-8-43(48)45-15-13-38(25-50(45)66)41-20-34(28-61)17-35(21-41)29-62/h1-25H. The highest BCUT2D eigenvalue weighted by atomic mass is 19.4. The molecule has 2 heterocycles. The maximum Gasteiger partial charge on any atom is 0.417 e. The highest BCUT2D eigenvalue weighted by molar-refractivity contribution is 6.13. The van der Waals surface area contributed by atoms with Crippen molar-refractivity contribution in [2.45, 2.75) is 6.18 Å². The third kappa shape index (κ3) is 6.42. The Labute approximate surface area is 374 Å². The van der Waals surface area contributed by atoms with E-state index in [1.165, 1.54) is 36.4 Å². The number of nitrogens with zero attached hydrogens (tertiary/aromatic N) is 8. The van der Waals surface area contributed by atoms with Crippen LogP contribution in [-0.4, -0.2) is 9.13 Å². The van der Waals surface area contributed by atoms with Gasteiger partial charge in [-0.2, -0.15) is 44.7 Å². The smallest absolute Gasteiger partial charge is 0.308 e. The minimum absolute atomic E-state index is 0.0103. The van der Waals surface area contributed by atoms with Crippen LogP contribution >= 0.6 is 0 Å². The summed E-state index contributed by atoms with van der Waals surface area (Å²) >= 11 is 0. The molecule has 0 saturated heterocycles. The van der Waals surface area contributed by atoms with Crippen molar-refractivity contribution in [2.24, 2.45) is 0 Å². The highest BCUT2D eigenvalue weighted by Gasteiger charge is 2.37. The normalized spacial score (nSPS) is 11.2. The predicted molar refractivity (Wildman–Crippen MR) is 245 cm³/mol. The van der Waals surface area contributed by atoms with Gasteiger partial charge in [0, 0.05) is 32.7 Å². The van der Waals surface area contributed by atoms with Gasteiger partial charge in [-0.15, -0.1) is 0 Å². The second-order valence-corrected chi connectivity index (χ2v) is 15.6. The van der Waals surface area contributed by atoms with Crippen LogP contribution in [-0.2, 0) is 6.18 Å². The maximum atomic E-state index is 15.6.